The molecule has 0 bridgehead atoms. The lowest BCUT2D eigenvalue weighted by molar-refractivity contribution is -0.161. The van der Waals surface area contributed by atoms with E-state index in [1.807, 2.05) is 36.5 Å². The van der Waals surface area contributed by atoms with Crippen molar-refractivity contribution in [2.75, 3.05) is 39.6 Å². The Morgan fingerprint density at radius 3 is 0.843 bits per heavy atom. The number of rotatable bonds is 77. The van der Waals surface area contributed by atoms with E-state index in [9.17, 15) is 43.2 Å². The van der Waals surface area contributed by atoms with Crippen LogP contribution in [-0.4, -0.2) is 96.7 Å². The highest BCUT2D eigenvalue weighted by atomic mass is 31.2. The highest BCUT2D eigenvalue weighted by Gasteiger charge is 2.30. The zero-order chi connectivity index (χ0) is 78.9. The fourth-order valence-electron chi connectivity index (χ4n) is 10.6. The number of phosphoric acid groups is 2. The van der Waals surface area contributed by atoms with Gasteiger partial charge in [0.25, 0.3) is 0 Å². The number of hydrogen-bond donors (Lipinski definition) is 3. The number of ether oxygens (including phenoxy) is 4. The maximum Gasteiger partial charge on any atom is 0.472 e. The highest BCUT2D eigenvalue weighted by Crippen LogP contribution is 2.45. The molecule has 0 radical (unpaired) electrons. The summed E-state index contributed by atoms with van der Waals surface area (Å²) in [4.78, 5) is 73.1. The second kappa shape index (κ2) is 79.8. The van der Waals surface area contributed by atoms with Crippen LogP contribution in [0.4, 0.5) is 0 Å². The third-order valence-electron chi connectivity index (χ3n) is 17.0. The smallest absolute Gasteiger partial charge is 0.462 e. The molecule has 616 valence electrons. The first-order valence-electron chi connectivity index (χ1n) is 41.7. The summed E-state index contributed by atoms with van der Waals surface area (Å²) in [6.45, 7) is 4.54. The van der Waals surface area contributed by atoms with E-state index < -0.39 is 97.5 Å². The van der Waals surface area contributed by atoms with Gasteiger partial charge in [0.1, 0.15) is 19.3 Å². The van der Waals surface area contributed by atoms with Gasteiger partial charge >= 0.3 is 39.5 Å². The minimum Gasteiger partial charge on any atom is -0.462 e. The van der Waals surface area contributed by atoms with Crippen LogP contribution in [0, 0.1) is 0 Å². The molecule has 0 saturated heterocycles. The van der Waals surface area contributed by atoms with Crippen molar-refractivity contribution < 1.29 is 80.2 Å². The molecule has 108 heavy (non-hydrogen) atoms. The number of hydrogen-bond acceptors (Lipinski definition) is 15. The molecule has 0 heterocycles. The SMILES string of the molecule is CC/C=C\C/C=C\C/C=C\C/C=C\C/C=C\C/C=C\CCC(=O)OC[C@H](COP(=O)(O)OC[C@@H](O)COP(=O)(O)OC[C@@H](COC(=O)CCCCCCCCC/C=C\CCCCCC)OC(=O)CCCCCCCCC/C=C\CCCCCC)OC(=O)CC/C=C\C/C=C\C/C=C\C/C=C\C/C=C\CCCCC. The quantitative estimate of drug-likeness (QED) is 0.0169. The van der Waals surface area contributed by atoms with Crippen molar-refractivity contribution in [3.63, 3.8) is 0 Å². The van der Waals surface area contributed by atoms with Gasteiger partial charge in [-0.05, 0) is 154 Å². The van der Waals surface area contributed by atoms with Gasteiger partial charge in [-0.2, -0.15) is 0 Å². The molecule has 0 saturated carbocycles. The van der Waals surface area contributed by atoms with E-state index in [-0.39, 0.29) is 25.7 Å². The largest absolute Gasteiger partial charge is 0.472 e. The van der Waals surface area contributed by atoms with E-state index in [0.29, 0.717) is 38.5 Å². The van der Waals surface area contributed by atoms with Gasteiger partial charge in [0.15, 0.2) is 12.2 Å². The molecule has 5 atom stereocenters. The van der Waals surface area contributed by atoms with Crippen LogP contribution in [0.2, 0.25) is 0 Å². The summed E-state index contributed by atoms with van der Waals surface area (Å²) < 4.78 is 68.6. The van der Waals surface area contributed by atoms with E-state index in [1.165, 1.54) is 83.5 Å². The third-order valence-corrected chi connectivity index (χ3v) is 18.9. The molecule has 0 aromatic rings. The van der Waals surface area contributed by atoms with Crippen LogP contribution in [0.5, 0.6) is 0 Å². The van der Waals surface area contributed by atoms with E-state index in [2.05, 4.69) is 149 Å². The van der Waals surface area contributed by atoms with Gasteiger partial charge in [-0.25, -0.2) is 9.13 Å². The second-order valence-corrected chi connectivity index (χ2v) is 30.2. The topological polar surface area (TPSA) is 237 Å². The second-order valence-electron chi connectivity index (χ2n) is 27.3. The summed E-state index contributed by atoms with van der Waals surface area (Å²) in [5.41, 5.74) is 0. The van der Waals surface area contributed by atoms with Crippen molar-refractivity contribution in [1.82, 2.24) is 0 Å². The number of phosphoric ester groups is 2. The Kier molecular flexibility index (Phi) is 75.8. The molecule has 3 N–H and O–H groups in total. The Morgan fingerprint density at radius 1 is 0.269 bits per heavy atom. The van der Waals surface area contributed by atoms with Crippen molar-refractivity contribution >= 4 is 39.5 Å². The summed E-state index contributed by atoms with van der Waals surface area (Å²) in [5.74, 6) is -2.38. The van der Waals surface area contributed by atoms with E-state index in [4.69, 9.17) is 37.0 Å². The zero-order valence-corrected chi connectivity index (χ0v) is 69.3. The van der Waals surface area contributed by atoms with Crippen LogP contribution < -0.4 is 0 Å². The lowest BCUT2D eigenvalue weighted by atomic mass is 10.1. The first-order chi connectivity index (χ1) is 52.7. The number of aliphatic hydroxyl groups excluding tert-OH is 1. The molecule has 2 unspecified atom stereocenters. The van der Waals surface area contributed by atoms with Crippen molar-refractivity contribution in [2.24, 2.45) is 0 Å². The first kappa shape index (κ1) is 103. The molecule has 0 amide bonds. The van der Waals surface area contributed by atoms with E-state index in [0.717, 1.165) is 148 Å². The predicted octanol–water partition coefficient (Wildman–Crippen LogP) is 24.8. The standard InChI is InChI=1S/C89H148O17P2/c1-5-9-13-17-21-25-29-33-37-39-41-43-47-50-54-58-62-66-70-74-87(92)100-80-85(106-89(94)76-72-68-64-60-56-52-48-44-42-40-38-34-30-26-22-18-14-10-6-2)82-104-108(97,98)102-78-83(90)77-101-107(95,96)103-81-84(105-88(93)75-71-67-63-59-55-51-46-36-32-28-24-20-16-12-8-4)79-99-86(91)73-69-65-61-57-53-49-45-35-31-27-23-19-15-11-7-3/h9,13,21-22,25-28,31-34,37-38,41-44,50,52,54,56,62,64,66,68,83-85,90H,5-8,10-12,14-20,23-24,29-30,35-36,39-40,45-49,51,53,55,57-61,63,65,67,69-82H2,1-4H3,(H,95,96)(H,97,98)/b13-9-,25-21-,26-22-,31-27-,32-28-,37-33-,38-34-,43-41-,44-42-,54-50-,56-52-,66-62-,68-64-/t83-,84+,85+/m0/s1. The minimum atomic E-state index is -5.02. The molecule has 0 aromatic heterocycles. The summed E-state index contributed by atoms with van der Waals surface area (Å²) in [6.07, 6.45) is 93.8. The van der Waals surface area contributed by atoms with Crippen LogP contribution in [-0.2, 0) is 65.4 Å². The van der Waals surface area contributed by atoms with Gasteiger partial charge in [-0.1, -0.05) is 301 Å². The molecule has 0 aliphatic heterocycles. The average molecular weight is 1550 g/mol. The van der Waals surface area contributed by atoms with Gasteiger partial charge in [0.05, 0.1) is 26.4 Å². The van der Waals surface area contributed by atoms with Crippen LogP contribution in [0.1, 0.15) is 323 Å². The number of carbonyl (C=O) groups excluding carboxylic acids is 4. The Morgan fingerprint density at radius 2 is 0.500 bits per heavy atom. The molecule has 0 fully saturated rings. The van der Waals surface area contributed by atoms with Crippen molar-refractivity contribution in [1.29, 1.82) is 0 Å². The van der Waals surface area contributed by atoms with Crippen LogP contribution in [0.25, 0.3) is 0 Å². The molecule has 0 aliphatic carbocycles. The lowest BCUT2D eigenvalue weighted by Crippen LogP contribution is -2.30. The number of esters is 4. The Hall–Kier alpha value is -5.32. The Bertz CT molecular complexity index is 2660. The number of carbonyl (C=O) groups is 4. The maximum absolute atomic E-state index is 13.1. The normalized spacial score (nSPS) is 14.6. The van der Waals surface area contributed by atoms with E-state index in [1.54, 1.807) is 0 Å². The zero-order valence-electron chi connectivity index (χ0n) is 67.5. The van der Waals surface area contributed by atoms with Crippen molar-refractivity contribution in [3.05, 3.63) is 158 Å². The fourth-order valence-corrected chi connectivity index (χ4v) is 12.2. The maximum atomic E-state index is 13.1. The fraction of sp³-hybridized carbons (Fsp3) is 0.663. The molecule has 0 aromatic carbocycles. The first-order valence-corrected chi connectivity index (χ1v) is 44.7. The van der Waals surface area contributed by atoms with Crippen molar-refractivity contribution in [2.45, 2.75) is 341 Å². The summed E-state index contributed by atoms with van der Waals surface area (Å²) in [7, 11) is -10.0. The molecule has 0 rings (SSSR count). The third kappa shape index (κ3) is 78.8. The van der Waals surface area contributed by atoms with Gasteiger partial charge in [-0.15, -0.1) is 0 Å². The molecule has 0 spiro atoms. The lowest BCUT2D eigenvalue weighted by Gasteiger charge is -2.21. The Balaban J connectivity index is 5.52. The summed E-state index contributed by atoms with van der Waals surface area (Å²) >= 11 is 0. The average Bonchev–Trinajstić information content (AvgIpc) is 0.896. The van der Waals surface area contributed by atoms with Crippen LogP contribution in [0.3, 0.4) is 0 Å². The van der Waals surface area contributed by atoms with E-state index >= 15 is 0 Å². The number of unbranched alkanes of at least 4 members (excludes halogenated alkanes) is 25. The number of aliphatic hydroxyl groups is 1. The Labute approximate surface area is 655 Å². The van der Waals surface area contributed by atoms with Gasteiger partial charge in [-0.3, -0.25) is 37.3 Å². The molecule has 17 nitrogen and oxygen atoms in total. The highest BCUT2D eigenvalue weighted by molar-refractivity contribution is 7.47. The molecule has 19 heteroatoms. The number of allylic oxidation sites excluding steroid dienone is 26. The predicted molar refractivity (Wildman–Crippen MR) is 445 cm³/mol. The minimum absolute atomic E-state index is 0.0156. The molecule has 0 aliphatic rings. The monoisotopic (exact) mass is 1550 g/mol. The van der Waals surface area contributed by atoms with Gasteiger partial charge in [0.2, 0.25) is 0 Å². The van der Waals surface area contributed by atoms with Gasteiger partial charge in [0, 0.05) is 25.7 Å². The molecular formula is C89H148O17P2. The van der Waals surface area contributed by atoms with Crippen molar-refractivity contribution in [3.8, 4) is 0 Å². The summed E-state index contributed by atoms with van der Waals surface area (Å²) in [6, 6.07) is 0. The van der Waals surface area contributed by atoms with Gasteiger partial charge < -0.3 is 33.8 Å². The molecular weight excluding hydrogens is 1400 g/mol. The summed E-state index contributed by atoms with van der Waals surface area (Å²) in [5, 5.41) is 10.7. The van der Waals surface area contributed by atoms with Crippen LogP contribution in [0.15, 0.2) is 158 Å². The van der Waals surface area contributed by atoms with Crippen LogP contribution >= 0.6 is 15.6 Å².